The molecule has 10 heteroatoms. The average Bonchev–Trinajstić information content (AvgIpc) is 3.09. The maximum Gasteiger partial charge on any atom is 0.342 e. The Morgan fingerprint density at radius 3 is 2.71 bits per heavy atom. The molecular formula is C14H14FN5O4. The van der Waals surface area contributed by atoms with Crippen molar-refractivity contribution >= 4 is 11.7 Å². The number of hydrogen-bond acceptors (Lipinski definition) is 7. The number of halogens is 1. The van der Waals surface area contributed by atoms with E-state index in [4.69, 9.17) is 4.74 Å². The van der Waals surface area contributed by atoms with Gasteiger partial charge >= 0.3 is 5.97 Å². The van der Waals surface area contributed by atoms with Crippen molar-refractivity contribution in [2.75, 3.05) is 0 Å². The zero-order valence-corrected chi connectivity index (χ0v) is 12.6. The first-order chi connectivity index (χ1) is 11.6. The number of benzene rings is 1. The maximum atomic E-state index is 14.4. The molecule has 0 spiro atoms. The molecule has 1 saturated carbocycles. The van der Waals surface area contributed by atoms with Crippen molar-refractivity contribution in [3.8, 4) is 11.4 Å². The molecule has 0 saturated heterocycles. The van der Waals surface area contributed by atoms with Crippen LogP contribution in [0, 0.1) is 15.9 Å². The summed E-state index contributed by atoms with van der Waals surface area (Å²) in [6.07, 6.45) is 4.12. The van der Waals surface area contributed by atoms with Gasteiger partial charge in [-0.25, -0.2) is 9.18 Å². The lowest BCUT2D eigenvalue weighted by molar-refractivity contribution is -0.385. The van der Waals surface area contributed by atoms with Crippen molar-refractivity contribution in [2.24, 2.45) is 0 Å². The number of tetrazole rings is 1. The Labute approximate surface area is 135 Å². The molecular weight excluding hydrogens is 321 g/mol. The molecule has 24 heavy (non-hydrogen) atoms. The molecule has 0 aliphatic heterocycles. The van der Waals surface area contributed by atoms with Crippen LogP contribution in [0.1, 0.15) is 42.5 Å². The second-order valence-corrected chi connectivity index (χ2v) is 5.51. The Balaban J connectivity index is 1.99. The summed E-state index contributed by atoms with van der Waals surface area (Å²) >= 11 is 0. The monoisotopic (exact) mass is 335 g/mol. The fourth-order valence-corrected chi connectivity index (χ4v) is 2.75. The van der Waals surface area contributed by atoms with E-state index in [2.05, 4.69) is 20.6 Å². The minimum Gasteiger partial charge on any atom is -0.459 e. The predicted molar refractivity (Wildman–Crippen MR) is 78.5 cm³/mol. The van der Waals surface area contributed by atoms with Gasteiger partial charge in [-0.3, -0.25) is 10.1 Å². The van der Waals surface area contributed by atoms with Crippen molar-refractivity contribution in [3.63, 3.8) is 0 Å². The minimum absolute atomic E-state index is 0.117. The molecule has 0 atom stereocenters. The lowest BCUT2D eigenvalue weighted by Crippen LogP contribution is -2.22. The number of carbonyl (C=O) groups is 1. The lowest BCUT2D eigenvalue weighted by atomic mass is 9.97. The fourth-order valence-electron chi connectivity index (χ4n) is 2.75. The minimum atomic E-state index is -1.05. The highest BCUT2D eigenvalue weighted by molar-refractivity contribution is 5.97. The third-order valence-electron chi connectivity index (χ3n) is 3.90. The number of ether oxygens (including phenoxy) is 1. The van der Waals surface area contributed by atoms with Gasteiger partial charge in [0.1, 0.15) is 17.5 Å². The van der Waals surface area contributed by atoms with E-state index >= 15 is 0 Å². The molecule has 1 heterocycles. The fraction of sp³-hybridized carbons (Fsp3) is 0.429. The van der Waals surface area contributed by atoms with Gasteiger partial charge < -0.3 is 4.74 Å². The Bertz CT molecular complexity index is 759. The first-order valence-electron chi connectivity index (χ1n) is 7.49. The van der Waals surface area contributed by atoms with Crippen LogP contribution in [-0.2, 0) is 4.74 Å². The number of esters is 1. The number of carbonyl (C=O) groups excluding carboxylic acids is 1. The van der Waals surface area contributed by atoms with Crippen LogP contribution in [0.25, 0.3) is 11.4 Å². The third-order valence-corrected chi connectivity index (χ3v) is 3.90. The summed E-state index contributed by atoms with van der Waals surface area (Å²) in [6.45, 7) is 0. The summed E-state index contributed by atoms with van der Waals surface area (Å²) in [5, 5.41) is 23.8. The van der Waals surface area contributed by atoms with Gasteiger partial charge in [-0.05, 0) is 30.9 Å². The van der Waals surface area contributed by atoms with Crippen LogP contribution in [0.15, 0.2) is 12.1 Å². The summed E-state index contributed by atoms with van der Waals surface area (Å²) in [5.74, 6) is -2.05. The largest absolute Gasteiger partial charge is 0.459 e. The summed E-state index contributed by atoms with van der Waals surface area (Å²) in [7, 11) is 0. The molecule has 0 bridgehead atoms. The Hall–Kier alpha value is -2.91. The van der Waals surface area contributed by atoms with Crippen LogP contribution in [0.3, 0.4) is 0 Å². The van der Waals surface area contributed by atoms with Gasteiger partial charge in [0.2, 0.25) is 5.82 Å². The van der Waals surface area contributed by atoms with Crippen molar-refractivity contribution in [2.45, 2.75) is 38.2 Å². The third kappa shape index (κ3) is 3.21. The zero-order valence-electron chi connectivity index (χ0n) is 12.6. The molecule has 1 aromatic heterocycles. The Kier molecular flexibility index (Phi) is 4.45. The average molecular weight is 335 g/mol. The quantitative estimate of drug-likeness (QED) is 0.517. The van der Waals surface area contributed by atoms with Gasteiger partial charge in [-0.15, -0.1) is 10.2 Å². The van der Waals surface area contributed by atoms with Gasteiger partial charge in [0.05, 0.1) is 11.0 Å². The van der Waals surface area contributed by atoms with Crippen LogP contribution in [0.2, 0.25) is 0 Å². The van der Waals surface area contributed by atoms with Gasteiger partial charge in [0.25, 0.3) is 5.69 Å². The highest BCUT2D eigenvalue weighted by Crippen LogP contribution is 2.30. The van der Waals surface area contributed by atoms with Gasteiger partial charge in [0.15, 0.2) is 0 Å². The molecule has 1 aromatic carbocycles. The maximum absolute atomic E-state index is 14.4. The van der Waals surface area contributed by atoms with Crippen molar-refractivity contribution < 1.29 is 18.8 Å². The van der Waals surface area contributed by atoms with E-state index in [1.165, 1.54) is 0 Å². The number of non-ortho nitro benzene ring substituents is 1. The standard InChI is InChI=1S/C14H14FN5O4/c15-11-7-8(20(22)23)6-10(13-16-18-19-17-13)12(11)14(21)24-9-4-2-1-3-5-9/h6-7,9H,1-5H2,(H,16,17,18,19). The van der Waals surface area contributed by atoms with E-state index in [0.29, 0.717) is 6.07 Å². The Morgan fingerprint density at radius 1 is 1.33 bits per heavy atom. The molecule has 1 N–H and O–H groups in total. The summed E-state index contributed by atoms with van der Waals surface area (Å²) in [4.78, 5) is 22.6. The smallest absolute Gasteiger partial charge is 0.342 e. The van der Waals surface area contributed by atoms with Crippen LogP contribution in [0.5, 0.6) is 0 Å². The SMILES string of the molecule is O=C(OC1CCCCC1)c1c(F)cc([N+](=O)[O-])cc1-c1nn[nH]n1. The van der Waals surface area contributed by atoms with Gasteiger partial charge in [-0.1, -0.05) is 6.42 Å². The van der Waals surface area contributed by atoms with Crippen molar-refractivity contribution in [1.82, 2.24) is 20.6 Å². The summed E-state index contributed by atoms with van der Waals surface area (Å²) in [5.41, 5.74) is -1.06. The molecule has 0 unspecified atom stereocenters. The number of nitro benzene ring substituents is 1. The van der Waals surface area contributed by atoms with E-state index in [1.807, 2.05) is 0 Å². The highest BCUT2D eigenvalue weighted by Gasteiger charge is 2.28. The summed E-state index contributed by atoms with van der Waals surface area (Å²) in [6, 6.07) is 1.71. The van der Waals surface area contributed by atoms with Crippen LogP contribution in [0.4, 0.5) is 10.1 Å². The lowest BCUT2D eigenvalue weighted by Gasteiger charge is -2.22. The molecule has 3 rings (SSSR count). The van der Waals surface area contributed by atoms with Gasteiger partial charge in [-0.2, -0.15) is 5.21 Å². The number of aromatic amines is 1. The van der Waals surface area contributed by atoms with E-state index in [-0.39, 0.29) is 17.5 Å². The number of nitrogens with one attached hydrogen (secondary N) is 1. The van der Waals surface area contributed by atoms with Crippen LogP contribution < -0.4 is 0 Å². The number of hydrogen-bond donors (Lipinski definition) is 1. The zero-order chi connectivity index (χ0) is 17.1. The number of H-pyrrole nitrogens is 1. The van der Waals surface area contributed by atoms with E-state index in [0.717, 1.165) is 38.2 Å². The first-order valence-corrected chi connectivity index (χ1v) is 7.49. The van der Waals surface area contributed by atoms with E-state index in [9.17, 15) is 19.3 Å². The van der Waals surface area contributed by atoms with Crippen molar-refractivity contribution in [1.29, 1.82) is 0 Å². The number of nitrogens with zero attached hydrogens (tertiary/aromatic N) is 4. The molecule has 0 radical (unpaired) electrons. The second-order valence-electron chi connectivity index (χ2n) is 5.51. The first kappa shape index (κ1) is 16.0. The molecule has 126 valence electrons. The topological polar surface area (TPSA) is 124 Å². The molecule has 1 aliphatic rings. The molecule has 1 fully saturated rings. The number of nitro groups is 1. The molecule has 9 nitrogen and oxygen atoms in total. The Morgan fingerprint density at radius 2 is 2.08 bits per heavy atom. The second kappa shape index (κ2) is 6.69. The predicted octanol–water partition coefficient (Wildman–Crippen LogP) is 2.40. The van der Waals surface area contributed by atoms with Crippen molar-refractivity contribution in [3.05, 3.63) is 33.6 Å². The molecule has 0 amide bonds. The van der Waals surface area contributed by atoms with E-state index < -0.39 is 28.0 Å². The molecule has 1 aliphatic carbocycles. The molecule has 2 aromatic rings. The van der Waals surface area contributed by atoms with E-state index in [1.54, 1.807) is 0 Å². The van der Waals surface area contributed by atoms with Crippen LogP contribution >= 0.6 is 0 Å². The van der Waals surface area contributed by atoms with Crippen LogP contribution in [-0.4, -0.2) is 37.6 Å². The highest BCUT2D eigenvalue weighted by atomic mass is 19.1. The number of rotatable bonds is 4. The number of aromatic nitrogens is 4. The normalized spacial score (nSPS) is 15.2. The van der Waals surface area contributed by atoms with Gasteiger partial charge in [0, 0.05) is 11.6 Å². The summed E-state index contributed by atoms with van der Waals surface area (Å²) < 4.78 is 19.7.